The van der Waals surface area contributed by atoms with Crippen LogP contribution in [0.25, 0.3) is 5.52 Å². The molecule has 0 bridgehead atoms. The Balaban J connectivity index is 1.50. The van der Waals surface area contributed by atoms with E-state index in [2.05, 4.69) is 4.98 Å². The van der Waals surface area contributed by atoms with Crippen LogP contribution in [-0.4, -0.2) is 27.5 Å². The van der Waals surface area contributed by atoms with E-state index in [1.54, 1.807) is 0 Å². The van der Waals surface area contributed by atoms with Gasteiger partial charge in [-0.1, -0.05) is 17.8 Å². The number of hydrogen-bond acceptors (Lipinski definition) is 4. The molecule has 0 spiro atoms. The Hall–Kier alpha value is -2.27. The zero-order valence-corrected chi connectivity index (χ0v) is 12.7. The van der Waals surface area contributed by atoms with Gasteiger partial charge in [0.1, 0.15) is 5.75 Å². The first-order valence-corrected chi connectivity index (χ1v) is 8.14. The molecule has 0 fully saturated rings. The quantitative estimate of drug-likeness (QED) is 0.548. The van der Waals surface area contributed by atoms with Gasteiger partial charge in [0.25, 0.3) is 0 Å². The molecule has 0 saturated carbocycles. The maximum Gasteiger partial charge on any atom is 0.173 e. The standard InChI is InChI=1S/C17H14N2O2S/c20-15(12-4-5-16-13(9-12)6-8-21-16)11-22-17-18-10-14-3-1-2-7-19(14)17/h1-5,7,9-10H,6,8,11H2. The van der Waals surface area contributed by atoms with E-state index in [9.17, 15) is 4.79 Å². The molecule has 0 radical (unpaired) electrons. The predicted octanol–water partition coefficient (Wildman–Crippen LogP) is 3.24. The summed E-state index contributed by atoms with van der Waals surface area (Å²) in [6.45, 7) is 0.710. The third-order valence-electron chi connectivity index (χ3n) is 3.75. The average molecular weight is 310 g/mol. The van der Waals surface area contributed by atoms with Gasteiger partial charge in [0.2, 0.25) is 0 Å². The van der Waals surface area contributed by atoms with Crippen molar-refractivity contribution in [2.24, 2.45) is 0 Å². The normalized spacial score (nSPS) is 13.1. The molecule has 0 atom stereocenters. The molecule has 2 aromatic heterocycles. The highest BCUT2D eigenvalue weighted by Crippen LogP contribution is 2.27. The number of benzene rings is 1. The molecule has 22 heavy (non-hydrogen) atoms. The van der Waals surface area contributed by atoms with Gasteiger partial charge in [-0.2, -0.15) is 0 Å². The van der Waals surface area contributed by atoms with Gasteiger partial charge in [0.05, 0.1) is 24.1 Å². The monoisotopic (exact) mass is 310 g/mol. The van der Waals surface area contributed by atoms with Crippen molar-refractivity contribution in [1.29, 1.82) is 0 Å². The van der Waals surface area contributed by atoms with Gasteiger partial charge in [-0.3, -0.25) is 9.20 Å². The summed E-state index contributed by atoms with van der Waals surface area (Å²) < 4.78 is 7.46. The van der Waals surface area contributed by atoms with Crippen LogP contribution in [0, 0.1) is 0 Å². The van der Waals surface area contributed by atoms with E-state index >= 15 is 0 Å². The van der Waals surface area contributed by atoms with Crippen LogP contribution < -0.4 is 4.74 Å². The second-order valence-electron chi connectivity index (χ2n) is 5.17. The Labute approximate surface area is 132 Å². The zero-order valence-electron chi connectivity index (χ0n) is 11.9. The summed E-state index contributed by atoms with van der Waals surface area (Å²) in [6.07, 6.45) is 4.66. The Morgan fingerprint density at radius 1 is 1.32 bits per heavy atom. The number of carbonyl (C=O) groups excluding carboxylic acids is 1. The number of carbonyl (C=O) groups is 1. The highest BCUT2D eigenvalue weighted by Gasteiger charge is 2.15. The molecule has 1 aliphatic rings. The van der Waals surface area contributed by atoms with Crippen LogP contribution >= 0.6 is 11.8 Å². The summed E-state index contributed by atoms with van der Waals surface area (Å²) in [5.74, 6) is 1.41. The van der Waals surface area contributed by atoms with Crippen molar-refractivity contribution in [2.45, 2.75) is 11.6 Å². The van der Waals surface area contributed by atoms with Gasteiger partial charge in [-0.25, -0.2) is 4.98 Å². The van der Waals surface area contributed by atoms with E-state index in [4.69, 9.17) is 4.74 Å². The van der Waals surface area contributed by atoms with E-state index in [1.165, 1.54) is 11.8 Å². The number of imidazole rings is 1. The van der Waals surface area contributed by atoms with E-state index in [0.717, 1.165) is 34.0 Å². The molecule has 1 aromatic carbocycles. The molecular weight excluding hydrogens is 296 g/mol. The number of nitrogens with zero attached hydrogens (tertiary/aromatic N) is 2. The van der Waals surface area contributed by atoms with Crippen molar-refractivity contribution < 1.29 is 9.53 Å². The molecule has 0 N–H and O–H groups in total. The molecule has 110 valence electrons. The second kappa shape index (κ2) is 5.50. The van der Waals surface area contributed by atoms with E-state index in [1.807, 2.05) is 53.2 Å². The fourth-order valence-corrected chi connectivity index (χ4v) is 3.46. The third kappa shape index (κ3) is 2.37. The first kappa shape index (κ1) is 13.4. The van der Waals surface area contributed by atoms with Gasteiger partial charge in [-0.05, 0) is 35.9 Å². The van der Waals surface area contributed by atoms with Crippen LogP contribution in [0.4, 0.5) is 0 Å². The minimum atomic E-state index is 0.118. The Morgan fingerprint density at radius 3 is 3.23 bits per heavy atom. The van der Waals surface area contributed by atoms with Gasteiger partial charge in [0.15, 0.2) is 10.9 Å². The number of Topliss-reactive ketones (excluding diaryl/α,β-unsaturated/α-hetero) is 1. The van der Waals surface area contributed by atoms with Crippen LogP contribution in [0.2, 0.25) is 0 Å². The summed E-state index contributed by atoms with van der Waals surface area (Å²) >= 11 is 1.46. The highest BCUT2D eigenvalue weighted by molar-refractivity contribution is 7.99. The molecule has 0 amide bonds. The number of ether oxygens (including phenoxy) is 1. The van der Waals surface area contributed by atoms with E-state index in [-0.39, 0.29) is 5.78 Å². The number of fused-ring (bicyclic) bond motifs is 2. The lowest BCUT2D eigenvalue weighted by molar-refractivity contribution is 0.102. The highest BCUT2D eigenvalue weighted by atomic mass is 32.2. The molecule has 3 heterocycles. The number of pyridine rings is 1. The summed E-state index contributed by atoms with van der Waals surface area (Å²) in [4.78, 5) is 16.7. The van der Waals surface area contributed by atoms with Crippen LogP contribution in [0.5, 0.6) is 5.75 Å². The molecule has 4 rings (SSSR count). The van der Waals surface area contributed by atoms with Crippen molar-refractivity contribution in [3.8, 4) is 5.75 Å². The number of aromatic nitrogens is 2. The fourth-order valence-electron chi connectivity index (χ4n) is 2.60. The van der Waals surface area contributed by atoms with E-state index < -0.39 is 0 Å². The van der Waals surface area contributed by atoms with Crippen LogP contribution in [0.15, 0.2) is 53.9 Å². The molecule has 3 aromatic rings. The van der Waals surface area contributed by atoms with Crippen LogP contribution in [0.3, 0.4) is 0 Å². The SMILES string of the molecule is O=C(CSc1ncc2ccccn12)c1ccc2c(c1)CCO2. The van der Waals surface area contributed by atoms with Gasteiger partial charge in [-0.15, -0.1) is 0 Å². The Morgan fingerprint density at radius 2 is 2.27 bits per heavy atom. The molecule has 5 heteroatoms. The summed E-state index contributed by atoms with van der Waals surface area (Å²) in [5, 5.41) is 0.841. The average Bonchev–Trinajstić information content (AvgIpc) is 3.18. The van der Waals surface area contributed by atoms with Gasteiger partial charge >= 0.3 is 0 Å². The minimum absolute atomic E-state index is 0.118. The zero-order chi connectivity index (χ0) is 14.9. The number of rotatable bonds is 4. The van der Waals surface area contributed by atoms with E-state index in [0.29, 0.717) is 12.4 Å². The third-order valence-corrected chi connectivity index (χ3v) is 4.72. The second-order valence-corrected chi connectivity index (χ2v) is 6.11. The van der Waals surface area contributed by atoms with Crippen molar-refractivity contribution in [2.75, 3.05) is 12.4 Å². The van der Waals surface area contributed by atoms with Crippen molar-refractivity contribution in [3.05, 3.63) is 59.9 Å². The fraction of sp³-hybridized carbons (Fsp3) is 0.176. The number of ketones is 1. The Kier molecular flexibility index (Phi) is 3.35. The number of hydrogen-bond donors (Lipinski definition) is 0. The Bertz CT molecular complexity index is 857. The molecule has 1 aliphatic heterocycles. The van der Waals surface area contributed by atoms with Crippen molar-refractivity contribution in [1.82, 2.24) is 9.38 Å². The summed E-state index contributed by atoms with van der Waals surface area (Å²) in [6, 6.07) is 11.6. The lowest BCUT2D eigenvalue weighted by Crippen LogP contribution is -2.03. The maximum atomic E-state index is 12.4. The molecule has 0 aliphatic carbocycles. The smallest absolute Gasteiger partial charge is 0.173 e. The molecule has 0 unspecified atom stereocenters. The molecular formula is C17H14N2O2S. The first-order valence-electron chi connectivity index (χ1n) is 7.15. The largest absolute Gasteiger partial charge is 0.493 e. The topological polar surface area (TPSA) is 43.6 Å². The molecule has 4 nitrogen and oxygen atoms in total. The van der Waals surface area contributed by atoms with Crippen molar-refractivity contribution in [3.63, 3.8) is 0 Å². The minimum Gasteiger partial charge on any atom is -0.493 e. The number of thioether (sulfide) groups is 1. The van der Waals surface area contributed by atoms with Gasteiger partial charge in [0, 0.05) is 18.2 Å². The predicted molar refractivity (Wildman–Crippen MR) is 85.9 cm³/mol. The van der Waals surface area contributed by atoms with Gasteiger partial charge < -0.3 is 4.74 Å². The van der Waals surface area contributed by atoms with Crippen LogP contribution in [0.1, 0.15) is 15.9 Å². The lowest BCUT2D eigenvalue weighted by atomic mass is 10.1. The molecule has 0 saturated heterocycles. The summed E-state index contributed by atoms with van der Waals surface area (Å²) in [7, 11) is 0. The van der Waals surface area contributed by atoms with Crippen molar-refractivity contribution >= 4 is 23.1 Å². The summed E-state index contributed by atoms with van der Waals surface area (Å²) in [5.41, 5.74) is 2.91. The van der Waals surface area contributed by atoms with Crippen LogP contribution in [-0.2, 0) is 6.42 Å². The lowest BCUT2D eigenvalue weighted by Gasteiger charge is -2.04. The maximum absolute atomic E-state index is 12.4. The first-order chi connectivity index (χ1) is 10.8.